The van der Waals surface area contributed by atoms with Gasteiger partial charge >= 0.3 is 0 Å². The normalized spacial score (nSPS) is 12.5. The third kappa shape index (κ3) is 5.21. The quantitative estimate of drug-likeness (QED) is 0.837. The second-order valence-corrected chi connectivity index (χ2v) is 8.21. The van der Waals surface area contributed by atoms with E-state index in [0.717, 1.165) is 21.7 Å². The Bertz CT molecular complexity index is 851. The highest BCUT2D eigenvalue weighted by atomic mass is 35.5. The number of hydrogen-bond acceptors (Lipinski definition) is 3. The number of carbonyl (C=O) groups is 1. The summed E-state index contributed by atoms with van der Waals surface area (Å²) in [5, 5.41) is 3.18. The monoisotopic (exact) mass is 380 g/mol. The van der Waals surface area contributed by atoms with Crippen LogP contribution in [0, 0.1) is 6.92 Å². The van der Waals surface area contributed by atoms with Crippen molar-refractivity contribution in [3.05, 3.63) is 64.7 Å². The molecule has 0 aliphatic carbocycles. The van der Waals surface area contributed by atoms with Crippen LogP contribution in [0.1, 0.15) is 18.1 Å². The van der Waals surface area contributed by atoms with Crippen LogP contribution in [-0.2, 0) is 21.4 Å². The molecule has 0 aliphatic heterocycles. The number of carbonyl (C=O) groups excluding carboxylic acids is 1. The van der Waals surface area contributed by atoms with Crippen LogP contribution in [-0.4, -0.2) is 26.6 Å². The van der Waals surface area contributed by atoms with Crippen LogP contribution in [0.3, 0.4) is 0 Å². The van der Waals surface area contributed by atoms with E-state index in [4.69, 9.17) is 11.6 Å². The third-order valence-corrected chi connectivity index (χ3v) is 5.22. The number of aryl methyl sites for hydroxylation is 1. The minimum atomic E-state index is -3.65. The van der Waals surface area contributed by atoms with Crippen molar-refractivity contribution in [3.8, 4) is 0 Å². The average molecular weight is 381 g/mol. The Morgan fingerprint density at radius 3 is 2.40 bits per heavy atom. The fourth-order valence-corrected chi connectivity index (χ4v) is 3.82. The summed E-state index contributed by atoms with van der Waals surface area (Å²) in [5.41, 5.74) is 2.43. The van der Waals surface area contributed by atoms with Crippen molar-refractivity contribution in [1.82, 2.24) is 5.32 Å². The standard InChI is InChI=1S/C18H21ClN2O3S/c1-13-7-9-15(10-8-13)12-20-18(22)14(2)21(25(3,23)24)17-6-4-5-16(19)11-17/h4-11,14H,12H2,1-3H3,(H,20,22)/t14-/m1/s1. The molecule has 2 aromatic rings. The van der Waals surface area contributed by atoms with Gasteiger partial charge in [0.1, 0.15) is 6.04 Å². The first-order chi connectivity index (χ1) is 11.7. The number of nitrogens with one attached hydrogen (secondary N) is 1. The van der Waals surface area contributed by atoms with E-state index in [1.807, 2.05) is 31.2 Å². The van der Waals surface area contributed by atoms with Crippen LogP contribution in [0.2, 0.25) is 5.02 Å². The lowest BCUT2D eigenvalue weighted by Gasteiger charge is -2.28. The summed E-state index contributed by atoms with van der Waals surface area (Å²) in [4.78, 5) is 12.5. The van der Waals surface area contributed by atoms with Gasteiger partial charge in [0.2, 0.25) is 15.9 Å². The van der Waals surface area contributed by atoms with Crippen molar-refractivity contribution >= 4 is 33.2 Å². The first-order valence-corrected chi connectivity index (χ1v) is 9.99. The molecule has 1 atom stereocenters. The topological polar surface area (TPSA) is 66.5 Å². The van der Waals surface area contributed by atoms with Gasteiger partial charge in [0.25, 0.3) is 0 Å². The van der Waals surface area contributed by atoms with E-state index < -0.39 is 16.1 Å². The molecule has 2 rings (SSSR count). The Morgan fingerprint density at radius 1 is 1.20 bits per heavy atom. The van der Waals surface area contributed by atoms with Gasteiger partial charge in [-0.2, -0.15) is 0 Å². The van der Waals surface area contributed by atoms with Gasteiger partial charge in [0, 0.05) is 11.6 Å². The van der Waals surface area contributed by atoms with E-state index >= 15 is 0 Å². The second kappa shape index (κ2) is 7.89. The number of sulfonamides is 1. The van der Waals surface area contributed by atoms with Crippen LogP contribution in [0.25, 0.3) is 0 Å². The fourth-order valence-electron chi connectivity index (χ4n) is 2.46. The lowest BCUT2D eigenvalue weighted by atomic mass is 10.1. The van der Waals surface area contributed by atoms with E-state index in [1.165, 1.54) is 6.07 Å². The molecule has 1 N–H and O–H groups in total. The van der Waals surface area contributed by atoms with Gasteiger partial charge in [-0.3, -0.25) is 9.10 Å². The van der Waals surface area contributed by atoms with Gasteiger partial charge < -0.3 is 5.32 Å². The number of nitrogens with zero attached hydrogens (tertiary/aromatic N) is 1. The highest BCUT2D eigenvalue weighted by Crippen LogP contribution is 2.24. The van der Waals surface area contributed by atoms with E-state index in [2.05, 4.69) is 5.32 Å². The predicted octanol–water partition coefficient (Wildman–Crippen LogP) is 3.12. The Hall–Kier alpha value is -2.05. The summed E-state index contributed by atoms with van der Waals surface area (Å²) in [6, 6.07) is 13.3. The summed E-state index contributed by atoms with van der Waals surface area (Å²) < 4.78 is 25.5. The van der Waals surface area contributed by atoms with Crippen molar-refractivity contribution in [1.29, 1.82) is 0 Å². The molecule has 0 aliphatic rings. The number of anilines is 1. The Morgan fingerprint density at radius 2 is 1.84 bits per heavy atom. The zero-order valence-corrected chi connectivity index (χ0v) is 15.9. The molecule has 0 spiro atoms. The number of halogens is 1. The van der Waals surface area contributed by atoms with Gasteiger partial charge in [0.15, 0.2) is 0 Å². The van der Waals surface area contributed by atoms with Gasteiger partial charge in [-0.25, -0.2) is 8.42 Å². The molecule has 5 nitrogen and oxygen atoms in total. The molecular weight excluding hydrogens is 360 g/mol. The minimum absolute atomic E-state index is 0.330. The molecule has 0 radical (unpaired) electrons. The van der Waals surface area contributed by atoms with Crippen molar-refractivity contribution in [2.75, 3.05) is 10.6 Å². The molecular formula is C18H21ClN2O3S. The highest BCUT2D eigenvalue weighted by Gasteiger charge is 2.29. The smallest absolute Gasteiger partial charge is 0.243 e. The molecule has 1 amide bonds. The maximum Gasteiger partial charge on any atom is 0.243 e. The van der Waals surface area contributed by atoms with E-state index in [1.54, 1.807) is 25.1 Å². The molecule has 0 fully saturated rings. The molecule has 0 saturated heterocycles. The first-order valence-electron chi connectivity index (χ1n) is 7.76. The molecule has 0 aromatic heterocycles. The number of rotatable bonds is 6. The van der Waals surface area contributed by atoms with Crippen molar-refractivity contribution in [2.24, 2.45) is 0 Å². The second-order valence-electron chi connectivity index (χ2n) is 5.92. The van der Waals surface area contributed by atoms with Crippen molar-refractivity contribution in [2.45, 2.75) is 26.4 Å². The van der Waals surface area contributed by atoms with Gasteiger partial charge in [-0.05, 0) is 37.6 Å². The zero-order valence-electron chi connectivity index (χ0n) is 14.4. The molecule has 134 valence electrons. The van der Waals surface area contributed by atoms with Crippen LogP contribution >= 0.6 is 11.6 Å². The summed E-state index contributed by atoms with van der Waals surface area (Å²) in [6.07, 6.45) is 1.07. The summed E-state index contributed by atoms with van der Waals surface area (Å²) in [6.45, 7) is 3.86. The highest BCUT2D eigenvalue weighted by molar-refractivity contribution is 7.92. The van der Waals surface area contributed by atoms with Crippen LogP contribution < -0.4 is 9.62 Å². The fraction of sp³-hybridized carbons (Fsp3) is 0.278. The van der Waals surface area contributed by atoms with Crippen molar-refractivity contribution in [3.63, 3.8) is 0 Å². The predicted molar refractivity (Wildman–Crippen MR) is 101 cm³/mol. The SMILES string of the molecule is Cc1ccc(CNC(=O)[C@@H](C)N(c2cccc(Cl)c2)S(C)(=O)=O)cc1. The van der Waals surface area contributed by atoms with Crippen LogP contribution in [0.5, 0.6) is 0 Å². The third-order valence-electron chi connectivity index (χ3n) is 3.74. The molecule has 25 heavy (non-hydrogen) atoms. The van der Waals surface area contributed by atoms with E-state index in [9.17, 15) is 13.2 Å². The summed E-state index contributed by atoms with van der Waals surface area (Å²) >= 11 is 5.96. The minimum Gasteiger partial charge on any atom is -0.350 e. The molecule has 7 heteroatoms. The lowest BCUT2D eigenvalue weighted by Crippen LogP contribution is -2.47. The van der Waals surface area contributed by atoms with E-state index in [-0.39, 0.29) is 5.91 Å². The van der Waals surface area contributed by atoms with E-state index in [0.29, 0.717) is 17.3 Å². The lowest BCUT2D eigenvalue weighted by molar-refractivity contribution is -0.122. The maximum atomic E-state index is 12.5. The Labute approximate surface area is 153 Å². The zero-order chi connectivity index (χ0) is 18.6. The van der Waals surface area contributed by atoms with Gasteiger partial charge in [0.05, 0.1) is 11.9 Å². The Balaban J connectivity index is 2.17. The van der Waals surface area contributed by atoms with Crippen LogP contribution in [0.4, 0.5) is 5.69 Å². The van der Waals surface area contributed by atoms with Crippen molar-refractivity contribution < 1.29 is 13.2 Å². The first kappa shape index (κ1) is 19.3. The molecule has 0 bridgehead atoms. The van der Waals surface area contributed by atoms with Gasteiger partial charge in [-0.15, -0.1) is 0 Å². The van der Waals surface area contributed by atoms with Crippen LogP contribution in [0.15, 0.2) is 48.5 Å². The summed E-state index contributed by atoms with van der Waals surface area (Å²) in [5.74, 6) is -0.383. The molecule has 0 saturated carbocycles. The number of hydrogen-bond donors (Lipinski definition) is 1. The largest absolute Gasteiger partial charge is 0.350 e. The van der Waals surface area contributed by atoms with Gasteiger partial charge in [-0.1, -0.05) is 47.5 Å². The Kier molecular flexibility index (Phi) is 6.08. The molecule has 0 unspecified atom stereocenters. The summed E-state index contributed by atoms with van der Waals surface area (Å²) in [7, 11) is -3.65. The number of benzene rings is 2. The number of amides is 1. The molecule has 2 aromatic carbocycles. The maximum absolute atomic E-state index is 12.5. The average Bonchev–Trinajstić information content (AvgIpc) is 2.53. The molecule has 0 heterocycles.